The third kappa shape index (κ3) is 2.90. The first-order chi connectivity index (χ1) is 8.24. The van der Waals surface area contributed by atoms with Crippen molar-refractivity contribution in [3.8, 4) is 0 Å². The van der Waals surface area contributed by atoms with Gasteiger partial charge < -0.3 is 5.32 Å². The number of nitrogens with zero attached hydrogens (tertiary/aromatic N) is 2. The Morgan fingerprint density at radius 2 is 2.35 bits per heavy atom. The number of carbonyl (C=O) groups is 1. The van der Waals surface area contributed by atoms with Crippen LogP contribution < -0.4 is 5.32 Å². The molecule has 0 aromatic carbocycles. The fraction of sp³-hybridized carbons (Fsp3) is 0.545. The molecular weight excluding hydrogens is 258 g/mol. The quantitative estimate of drug-likeness (QED) is 0.674. The average Bonchev–Trinajstić information content (AvgIpc) is 2.77. The van der Waals surface area contributed by atoms with E-state index in [0.717, 1.165) is 12.8 Å². The van der Waals surface area contributed by atoms with Gasteiger partial charge in [-0.15, -0.1) is 0 Å². The summed E-state index contributed by atoms with van der Waals surface area (Å²) in [6.45, 7) is 0. The first kappa shape index (κ1) is 12.6. The monoisotopic (exact) mass is 271 g/mol. The minimum Gasteiger partial charge on any atom is -0.367 e. The lowest BCUT2D eigenvalue weighted by Gasteiger charge is -2.14. The summed E-state index contributed by atoms with van der Waals surface area (Å²) in [6.07, 6.45) is 7.61. The van der Waals surface area contributed by atoms with Gasteiger partial charge >= 0.3 is 0 Å². The van der Waals surface area contributed by atoms with E-state index >= 15 is 0 Å². The van der Waals surface area contributed by atoms with Crippen molar-refractivity contribution in [1.82, 2.24) is 9.97 Å². The van der Waals surface area contributed by atoms with Gasteiger partial charge in [0.25, 0.3) is 0 Å². The lowest BCUT2D eigenvalue weighted by atomic mass is 10.2. The highest BCUT2D eigenvalue weighted by Crippen LogP contribution is 2.30. The lowest BCUT2D eigenvalue weighted by molar-refractivity contribution is 0.112. The summed E-state index contributed by atoms with van der Waals surface area (Å²) in [5.41, 5.74) is 0.349. The van der Waals surface area contributed by atoms with Crippen LogP contribution in [0.5, 0.6) is 0 Å². The van der Waals surface area contributed by atoms with E-state index in [1.807, 2.05) is 11.8 Å². The Morgan fingerprint density at radius 3 is 3.00 bits per heavy atom. The van der Waals surface area contributed by atoms with Crippen LogP contribution in [0.3, 0.4) is 0 Å². The Hall–Kier alpha value is -0.810. The molecule has 0 saturated heterocycles. The summed E-state index contributed by atoms with van der Waals surface area (Å²) < 4.78 is 0. The van der Waals surface area contributed by atoms with Gasteiger partial charge in [-0.25, -0.2) is 9.97 Å². The maximum Gasteiger partial charge on any atom is 0.156 e. The van der Waals surface area contributed by atoms with Gasteiger partial charge in [0.1, 0.15) is 17.3 Å². The van der Waals surface area contributed by atoms with E-state index in [9.17, 15) is 4.79 Å². The Morgan fingerprint density at radius 1 is 1.53 bits per heavy atom. The molecule has 0 bridgehead atoms. The van der Waals surface area contributed by atoms with Gasteiger partial charge in [-0.05, 0) is 25.5 Å². The molecule has 17 heavy (non-hydrogen) atoms. The molecule has 6 heteroatoms. The second-order valence-corrected chi connectivity index (χ2v) is 5.55. The number of thioether (sulfide) groups is 1. The summed E-state index contributed by atoms with van der Waals surface area (Å²) in [7, 11) is 0. The standard InChI is InChI=1S/C11H14ClN3OS/c1-17-8-3-2-7(4-8)15-11-9(5-16)10(12)13-6-14-11/h5-8H,2-4H2,1H3,(H,13,14,15). The van der Waals surface area contributed by atoms with Gasteiger partial charge in [-0.2, -0.15) is 11.8 Å². The molecule has 1 heterocycles. The van der Waals surface area contributed by atoms with Gasteiger partial charge in [0.05, 0.1) is 5.56 Å². The maximum absolute atomic E-state index is 10.9. The van der Waals surface area contributed by atoms with Gasteiger partial charge in [-0.3, -0.25) is 4.79 Å². The molecule has 0 aliphatic heterocycles. The highest BCUT2D eigenvalue weighted by molar-refractivity contribution is 7.99. The number of hydrogen-bond donors (Lipinski definition) is 1. The molecule has 0 radical (unpaired) electrons. The second kappa shape index (κ2) is 5.69. The molecule has 1 N–H and O–H groups in total. The third-order valence-electron chi connectivity index (χ3n) is 3.01. The zero-order chi connectivity index (χ0) is 12.3. The van der Waals surface area contributed by atoms with Crippen LogP contribution in [0.2, 0.25) is 5.15 Å². The van der Waals surface area contributed by atoms with Crippen molar-refractivity contribution in [3.63, 3.8) is 0 Å². The van der Waals surface area contributed by atoms with Crippen molar-refractivity contribution in [2.45, 2.75) is 30.6 Å². The van der Waals surface area contributed by atoms with Crippen molar-refractivity contribution in [1.29, 1.82) is 0 Å². The Bertz CT molecular complexity index is 416. The number of hydrogen-bond acceptors (Lipinski definition) is 5. The van der Waals surface area contributed by atoms with Gasteiger partial charge in [-0.1, -0.05) is 11.6 Å². The van der Waals surface area contributed by atoms with Gasteiger partial charge in [0.15, 0.2) is 6.29 Å². The molecule has 2 atom stereocenters. The minimum atomic E-state index is 0.205. The topological polar surface area (TPSA) is 54.9 Å². The fourth-order valence-corrected chi connectivity index (χ4v) is 3.05. The Labute approximate surface area is 110 Å². The van der Waals surface area contributed by atoms with Crippen molar-refractivity contribution in [2.75, 3.05) is 11.6 Å². The van der Waals surface area contributed by atoms with Crippen LogP contribution in [0.15, 0.2) is 6.33 Å². The molecule has 1 aromatic rings. The Kier molecular flexibility index (Phi) is 4.23. The molecule has 2 unspecified atom stereocenters. The van der Waals surface area contributed by atoms with Gasteiger partial charge in [0.2, 0.25) is 0 Å². The molecule has 92 valence electrons. The van der Waals surface area contributed by atoms with Crippen LogP contribution in [-0.2, 0) is 0 Å². The normalized spacial score (nSPS) is 23.6. The third-order valence-corrected chi connectivity index (χ3v) is 4.41. The molecule has 1 saturated carbocycles. The first-order valence-electron chi connectivity index (χ1n) is 5.49. The van der Waals surface area contributed by atoms with E-state index in [1.54, 1.807) is 0 Å². The van der Waals surface area contributed by atoms with Crippen LogP contribution in [0.25, 0.3) is 0 Å². The fourth-order valence-electron chi connectivity index (χ4n) is 2.07. The molecule has 1 aliphatic carbocycles. The predicted octanol–water partition coefficient (Wildman–Crippen LogP) is 2.64. The van der Waals surface area contributed by atoms with Crippen LogP contribution >= 0.6 is 23.4 Å². The summed E-state index contributed by atoms with van der Waals surface area (Å²) >= 11 is 7.74. The summed E-state index contributed by atoms with van der Waals surface area (Å²) in [6, 6.07) is 0.372. The number of halogens is 1. The summed E-state index contributed by atoms with van der Waals surface area (Å²) in [5, 5.41) is 4.19. The van der Waals surface area contributed by atoms with Crippen molar-refractivity contribution < 1.29 is 4.79 Å². The number of nitrogens with one attached hydrogen (secondary N) is 1. The molecule has 0 spiro atoms. The van der Waals surface area contributed by atoms with Crippen LogP contribution in [0, 0.1) is 0 Å². The van der Waals surface area contributed by atoms with Crippen LogP contribution in [-0.4, -0.2) is 33.8 Å². The zero-order valence-corrected chi connectivity index (χ0v) is 11.1. The van der Waals surface area contributed by atoms with E-state index < -0.39 is 0 Å². The largest absolute Gasteiger partial charge is 0.367 e. The lowest BCUT2D eigenvalue weighted by Crippen LogP contribution is -2.18. The van der Waals surface area contributed by atoms with Crippen LogP contribution in [0.1, 0.15) is 29.6 Å². The summed E-state index contributed by atoms with van der Waals surface area (Å²) in [5.74, 6) is 0.548. The van der Waals surface area contributed by atoms with E-state index in [2.05, 4.69) is 21.5 Å². The number of carbonyl (C=O) groups excluding carboxylic acids is 1. The van der Waals surface area contributed by atoms with Crippen molar-refractivity contribution in [3.05, 3.63) is 17.0 Å². The SMILES string of the molecule is CSC1CCC(Nc2ncnc(Cl)c2C=O)C1. The second-order valence-electron chi connectivity index (χ2n) is 4.06. The summed E-state index contributed by atoms with van der Waals surface area (Å²) in [4.78, 5) is 18.8. The number of rotatable bonds is 4. The number of aromatic nitrogens is 2. The number of aldehydes is 1. The van der Waals surface area contributed by atoms with E-state index in [4.69, 9.17) is 11.6 Å². The van der Waals surface area contributed by atoms with E-state index in [-0.39, 0.29) is 5.15 Å². The molecule has 1 aliphatic rings. The molecular formula is C11H14ClN3OS. The van der Waals surface area contributed by atoms with Gasteiger partial charge in [0, 0.05) is 11.3 Å². The number of anilines is 1. The average molecular weight is 272 g/mol. The minimum absolute atomic E-state index is 0.205. The highest BCUT2D eigenvalue weighted by atomic mass is 35.5. The zero-order valence-electron chi connectivity index (χ0n) is 9.52. The molecule has 4 nitrogen and oxygen atoms in total. The van der Waals surface area contributed by atoms with Crippen molar-refractivity contribution >= 4 is 35.5 Å². The Balaban J connectivity index is 2.09. The molecule has 1 fully saturated rings. The highest BCUT2D eigenvalue weighted by Gasteiger charge is 2.25. The van der Waals surface area contributed by atoms with E-state index in [0.29, 0.717) is 29.0 Å². The smallest absolute Gasteiger partial charge is 0.156 e. The maximum atomic E-state index is 10.9. The molecule has 2 rings (SSSR count). The van der Waals surface area contributed by atoms with E-state index in [1.165, 1.54) is 12.7 Å². The predicted molar refractivity (Wildman–Crippen MR) is 71.0 cm³/mol. The molecule has 0 amide bonds. The van der Waals surface area contributed by atoms with Crippen LogP contribution in [0.4, 0.5) is 5.82 Å². The molecule has 1 aromatic heterocycles. The van der Waals surface area contributed by atoms with Crippen molar-refractivity contribution in [2.24, 2.45) is 0 Å². The first-order valence-corrected chi connectivity index (χ1v) is 7.16.